The smallest absolute Gasteiger partial charge is 0.264 e. The van der Waals surface area contributed by atoms with Crippen LogP contribution in [0.4, 0.5) is 5.69 Å². The van der Waals surface area contributed by atoms with Crippen LogP contribution in [0.15, 0.2) is 59.5 Å². The number of carbonyl (C=O) groups excluding carboxylic acids is 1. The highest BCUT2D eigenvalue weighted by Gasteiger charge is 2.30. The van der Waals surface area contributed by atoms with Gasteiger partial charge in [0, 0.05) is 31.2 Å². The maximum atomic E-state index is 13.3. The summed E-state index contributed by atoms with van der Waals surface area (Å²) < 4.78 is 28.0. The molecule has 1 amide bonds. The summed E-state index contributed by atoms with van der Waals surface area (Å²) in [7, 11) is -3.75. The van der Waals surface area contributed by atoms with Crippen molar-refractivity contribution in [2.75, 3.05) is 37.0 Å². The van der Waals surface area contributed by atoms with Gasteiger partial charge in [-0.05, 0) is 76.0 Å². The van der Waals surface area contributed by atoms with Crippen molar-refractivity contribution in [2.24, 2.45) is 0 Å². The van der Waals surface area contributed by atoms with Crippen molar-refractivity contribution >= 4 is 21.6 Å². The van der Waals surface area contributed by atoms with Crippen molar-refractivity contribution in [1.29, 1.82) is 0 Å². The van der Waals surface area contributed by atoms with Crippen LogP contribution in [-0.2, 0) is 10.0 Å². The first-order chi connectivity index (χ1) is 15.0. The average Bonchev–Trinajstić information content (AvgIpc) is 3.35. The Morgan fingerprint density at radius 2 is 1.65 bits per heavy atom. The molecule has 0 spiro atoms. The Morgan fingerprint density at radius 1 is 0.968 bits per heavy atom. The third-order valence-corrected chi connectivity index (χ3v) is 8.31. The number of carbonyl (C=O) groups is 1. The van der Waals surface area contributed by atoms with Gasteiger partial charge in [0.25, 0.3) is 15.9 Å². The van der Waals surface area contributed by atoms with Crippen molar-refractivity contribution in [1.82, 2.24) is 9.80 Å². The number of likely N-dealkylation sites (tertiary alicyclic amines) is 2. The molecule has 2 saturated heterocycles. The number of piperidine rings is 1. The van der Waals surface area contributed by atoms with Gasteiger partial charge in [0.15, 0.2) is 0 Å². The molecule has 7 heteroatoms. The molecule has 0 aliphatic carbocycles. The average molecular weight is 442 g/mol. The Labute approximate surface area is 185 Å². The third-order valence-electron chi connectivity index (χ3n) is 6.41. The lowest BCUT2D eigenvalue weighted by Crippen LogP contribution is -2.45. The lowest BCUT2D eigenvalue weighted by atomic mass is 10.0. The van der Waals surface area contributed by atoms with E-state index in [1.54, 1.807) is 30.3 Å². The summed E-state index contributed by atoms with van der Waals surface area (Å²) in [4.78, 5) is 17.7. The van der Waals surface area contributed by atoms with Crippen LogP contribution in [0.1, 0.15) is 43.0 Å². The standard InChI is InChI=1S/C24H31N3O3S/c1-2-27(22-10-4-3-5-11-22)31(29,30)23-12-8-9-20(19-23)24(28)26-17-13-21(14-18-26)25-15-6-7-16-25/h3-5,8-12,19,21H,2,6-7,13-18H2,1H3. The highest BCUT2D eigenvalue weighted by Crippen LogP contribution is 2.25. The fourth-order valence-electron chi connectivity index (χ4n) is 4.73. The van der Waals surface area contributed by atoms with Crippen LogP contribution >= 0.6 is 0 Å². The zero-order chi connectivity index (χ0) is 21.8. The number of amides is 1. The summed E-state index contributed by atoms with van der Waals surface area (Å²) in [5.41, 5.74) is 1.05. The van der Waals surface area contributed by atoms with Crippen molar-refractivity contribution in [3.63, 3.8) is 0 Å². The normalized spacial score (nSPS) is 18.3. The molecule has 0 aromatic heterocycles. The van der Waals surface area contributed by atoms with Gasteiger partial charge in [0.1, 0.15) is 0 Å². The van der Waals surface area contributed by atoms with Gasteiger partial charge >= 0.3 is 0 Å². The second-order valence-corrected chi connectivity index (χ2v) is 10.2. The van der Waals surface area contributed by atoms with Crippen LogP contribution in [-0.4, -0.2) is 62.9 Å². The van der Waals surface area contributed by atoms with Gasteiger partial charge in [-0.15, -0.1) is 0 Å². The molecule has 0 N–H and O–H groups in total. The number of rotatable bonds is 6. The van der Waals surface area contributed by atoms with Crippen LogP contribution in [0.2, 0.25) is 0 Å². The molecular formula is C24H31N3O3S. The molecule has 166 valence electrons. The molecule has 2 heterocycles. The highest BCUT2D eigenvalue weighted by atomic mass is 32.2. The number of hydrogen-bond donors (Lipinski definition) is 0. The first-order valence-electron chi connectivity index (χ1n) is 11.2. The molecule has 31 heavy (non-hydrogen) atoms. The molecule has 0 atom stereocenters. The number of anilines is 1. The zero-order valence-electron chi connectivity index (χ0n) is 18.1. The van der Waals surface area contributed by atoms with E-state index in [1.165, 1.54) is 36.3 Å². The molecular weight excluding hydrogens is 410 g/mol. The molecule has 2 aromatic carbocycles. The summed E-state index contributed by atoms with van der Waals surface area (Å²) in [6.45, 7) is 5.92. The highest BCUT2D eigenvalue weighted by molar-refractivity contribution is 7.92. The summed E-state index contributed by atoms with van der Waals surface area (Å²) in [5, 5.41) is 0. The minimum atomic E-state index is -3.75. The monoisotopic (exact) mass is 441 g/mol. The molecule has 2 aliphatic heterocycles. The third kappa shape index (κ3) is 4.62. The van der Waals surface area contributed by atoms with E-state index in [9.17, 15) is 13.2 Å². The molecule has 0 saturated carbocycles. The van der Waals surface area contributed by atoms with Gasteiger partial charge in [-0.3, -0.25) is 9.10 Å². The fourth-order valence-corrected chi connectivity index (χ4v) is 6.25. The first-order valence-corrected chi connectivity index (χ1v) is 12.7. The van der Waals surface area contributed by atoms with E-state index in [1.807, 2.05) is 30.0 Å². The summed E-state index contributed by atoms with van der Waals surface area (Å²) in [6.07, 6.45) is 4.53. The molecule has 2 aromatic rings. The summed E-state index contributed by atoms with van der Waals surface area (Å²) >= 11 is 0. The molecule has 0 unspecified atom stereocenters. The summed E-state index contributed by atoms with van der Waals surface area (Å²) in [5.74, 6) is -0.0836. The molecule has 2 fully saturated rings. The van der Waals surface area contributed by atoms with Crippen molar-refractivity contribution in [3.05, 3.63) is 60.2 Å². The predicted octanol–water partition coefficient (Wildman–Crippen LogP) is 3.60. The van der Waals surface area contributed by atoms with Crippen LogP contribution in [0.25, 0.3) is 0 Å². The van der Waals surface area contributed by atoms with Gasteiger partial charge in [-0.25, -0.2) is 8.42 Å². The van der Waals surface area contributed by atoms with Gasteiger partial charge in [-0.2, -0.15) is 0 Å². The van der Waals surface area contributed by atoms with Crippen molar-refractivity contribution < 1.29 is 13.2 Å². The van der Waals surface area contributed by atoms with E-state index in [4.69, 9.17) is 0 Å². The van der Waals surface area contributed by atoms with E-state index in [2.05, 4.69) is 4.90 Å². The maximum absolute atomic E-state index is 13.3. The minimum absolute atomic E-state index is 0.0836. The maximum Gasteiger partial charge on any atom is 0.264 e. The van der Waals surface area contributed by atoms with Gasteiger partial charge < -0.3 is 9.80 Å². The molecule has 4 rings (SSSR count). The van der Waals surface area contributed by atoms with E-state index < -0.39 is 10.0 Å². The lowest BCUT2D eigenvalue weighted by molar-refractivity contribution is 0.0644. The van der Waals surface area contributed by atoms with Crippen LogP contribution in [0, 0.1) is 0 Å². The molecule has 2 aliphatic rings. The van der Waals surface area contributed by atoms with Crippen LogP contribution < -0.4 is 4.31 Å². The van der Waals surface area contributed by atoms with E-state index in [-0.39, 0.29) is 10.8 Å². The van der Waals surface area contributed by atoms with Gasteiger partial charge in [0.2, 0.25) is 0 Å². The lowest BCUT2D eigenvalue weighted by Gasteiger charge is -2.36. The summed E-state index contributed by atoms with van der Waals surface area (Å²) in [6, 6.07) is 16.1. The number of hydrogen-bond acceptors (Lipinski definition) is 4. The van der Waals surface area contributed by atoms with Gasteiger partial charge in [-0.1, -0.05) is 24.3 Å². The Kier molecular flexibility index (Phi) is 6.62. The molecule has 0 bridgehead atoms. The van der Waals surface area contributed by atoms with E-state index in [0.717, 1.165) is 25.9 Å². The van der Waals surface area contributed by atoms with Gasteiger partial charge in [0.05, 0.1) is 10.6 Å². The van der Waals surface area contributed by atoms with Crippen LogP contribution in [0.5, 0.6) is 0 Å². The Balaban J connectivity index is 1.49. The number of benzene rings is 2. The first kappa shape index (κ1) is 21.8. The largest absolute Gasteiger partial charge is 0.339 e. The van der Waals surface area contributed by atoms with Crippen LogP contribution in [0.3, 0.4) is 0 Å². The topological polar surface area (TPSA) is 60.9 Å². The Bertz CT molecular complexity index is 996. The van der Waals surface area contributed by atoms with E-state index in [0.29, 0.717) is 23.8 Å². The van der Waals surface area contributed by atoms with E-state index >= 15 is 0 Å². The molecule has 0 radical (unpaired) electrons. The number of nitrogens with zero attached hydrogens (tertiary/aromatic N) is 3. The Hall–Kier alpha value is -2.38. The van der Waals surface area contributed by atoms with Crippen molar-refractivity contribution in [3.8, 4) is 0 Å². The zero-order valence-corrected chi connectivity index (χ0v) is 18.9. The Morgan fingerprint density at radius 3 is 2.29 bits per heavy atom. The SMILES string of the molecule is CCN(c1ccccc1)S(=O)(=O)c1cccc(C(=O)N2CCC(N3CCCC3)CC2)c1. The van der Waals surface area contributed by atoms with Crippen molar-refractivity contribution in [2.45, 2.75) is 43.5 Å². The molecule has 6 nitrogen and oxygen atoms in total. The fraction of sp³-hybridized carbons (Fsp3) is 0.458. The second-order valence-electron chi connectivity index (χ2n) is 8.30. The number of para-hydroxylation sites is 1. The second kappa shape index (κ2) is 9.40. The number of sulfonamides is 1. The minimum Gasteiger partial charge on any atom is -0.339 e. The quantitative estimate of drug-likeness (QED) is 0.687. The predicted molar refractivity (Wildman–Crippen MR) is 123 cm³/mol.